The summed E-state index contributed by atoms with van der Waals surface area (Å²) in [4.78, 5) is 42.5. The monoisotopic (exact) mass is 517 g/mol. The number of amides is 3. The molecule has 1 aromatic rings. The lowest BCUT2D eigenvalue weighted by Crippen LogP contribution is -2.57. The quantitative estimate of drug-likeness (QED) is 0.348. The summed E-state index contributed by atoms with van der Waals surface area (Å²) in [5.41, 5.74) is 1.12. The Bertz CT molecular complexity index is 874. The number of alkyl carbamates (subject to hydrolysis) is 1. The molecule has 0 heterocycles. The molecular formula is C30H51N3O4. The summed E-state index contributed by atoms with van der Waals surface area (Å²) in [7, 11) is 0. The molecule has 0 fully saturated rings. The van der Waals surface area contributed by atoms with Crippen LogP contribution < -0.4 is 10.6 Å². The van der Waals surface area contributed by atoms with E-state index in [4.69, 9.17) is 4.74 Å². The molecule has 0 aliphatic carbocycles. The second kappa shape index (κ2) is 14.4. The second-order valence-electron chi connectivity index (χ2n) is 12.1. The van der Waals surface area contributed by atoms with Crippen molar-refractivity contribution in [1.29, 1.82) is 0 Å². The molecule has 4 unspecified atom stereocenters. The molecule has 37 heavy (non-hydrogen) atoms. The third kappa shape index (κ3) is 10.7. The molecular weight excluding hydrogens is 466 g/mol. The maximum Gasteiger partial charge on any atom is 0.408 e. The van der Waals surface area contributed by atoms with Crippen molar-refractivity contribution in [2.75, 3.05) is 0 Å². The van der Waals surface area contributed by atoms with Crippen LogP contribution in [0.4, 0.5) is 4.79 Å². The third-order valence-electron chi connectivity index (χ3n) is 6.39. The molecule has 0 saturated carbocycles. The molecule has 0 bridgehead atoms. The van der Waals surface area contributed by atoms with E-state index in [2.05, 4.69) is 24.5 Å². The molecule has 0 spiro atoms. The summed E-state index contributed by atoms with van der Waals surface area (Å²) < 4.78 is 5.49. The second-order valence-corrected chi connectivity index (χ2v) is 12.1. The van der Waals surface area contributed by atoms with Gasteiger partial charge in [0.05, 0.1) is 0 Å². The van der Waals surface area contributed by atoms with Gasteiger partial charge in [-0.1, -0.05) is 63.9 Å². The van der Waals surface area contributed by atoms with Gasteiger partial charge >= 0.3 is 6.09 Å². The van der Waals surface area contributed by atoms with Crippen LogP contribution in [0.5, 0.6) is 0 Å². The average molecular weight is 518 g/mol. The molecule has 0 saturated heterocycles. The smallest absolute Gasteiger partial charge is 0.408 e. The Kier molecular flexibility index (Phi) is 12.6. The fourth-order valence-electron chi connectivity index (χ4n) is 4.14. The predicted octanol–water partition coefficient (Wildman–Crippen LogP) is 6.15. The predicted molar refractivity (Wildman–Crippen MR) is 150 cm³/mol. The van der Waals surface area contributed by atoms with Gasteiger partial charge in [0.2, 0.25) is 11.8 Å². The number of benzene rings is 1. The van der Waals surface area contributed by atoms with Gasteiger partial charge in [-0.25, -0.2) is 4.79 Å². The van der Waals surface area contributed by atoms with Gasteiger partial charge in [-0.3, -0.25) is 9.59 Å². The van der Waals surface area contributed by atoms with Crippen molar-refractivity contribution in [3.05, 3.63) is 35.4 Å². The number of hydrogen-bond acceptors (Lipinski definition) is 4. The van der Waals surface area contributed by atoms with E-state index in [9.17, 15) is 14.4 Å². The fourth-order valence-corrected chi connectivity index (χ4v) is 4.14. The molecule has 0 aromatic heterocycles. The normalized spacial score (nSPS) is 15.1. The molecule has 1 aromatic carbocycles. The van der Waals surface area contributed by atoms with Gasteiger partial charge in [-0.05, 0) is 78.7 Å². The van der Waals surface area contributed by atoms with Gasteiger partial charge in [-0.15, -0.1) is 0 Å². The summed E-state index contributed by atoms with van der Waals surface area (Å²) in [5, 5.41) is 5.86. The third-order valence-corrected chi connectivity index (χ3v) is 6.39. The summed E-state index contributed by atoms with van der Waals surface area (Å²) in [6, 6.07) is 5.75. The van der Waals surface area contributed by atoms with Crippen molar-refractivity contribution >= 4 is 17.9 Å². The largest absolute Gasteiger partial charge is 0.444 e. The van der Waals surface area contributed by atoms with E-state index >= 15 is 0 Å². The van der Waals surface area contributed by atoms with Gasteiger partial charge in [0.1, 0.15) is 17.7 Å². The highest BCUT2D eigenvalue weighted by Crippen LogP contribution is 2.29. The zero-order valence-corrected chi connectivity index (χ0v) is 25.0. The first-order valence-electron chi connectivity index (χ1n) is 13.8. The van der Waals surface area contributed by atoms with Crippen LogP contribution in [0.15, 0.2) is 24.3 Å². The van der Waals surface area contributed by atoms with Crippen LogP contribution >= 0.6 is 0 Å². The summed E-state index contributed by atoms with van der Waals surface area (Å²) >= 11 is 0. The molecule has 7 heteroatoms. The molecule has 0 aliphatic heterocycles. The molecule has 4 atom stereocenters. The van der Waals surface area contributed by atoms with Gasteiger partial charge in [-0.2, -0.15) is 0 Å². The lowest BCUT2D eigenvalue weighted by Gasteiger charge is -2.40. The number of nitrogens with one attached hydrogen (secondary N) is 2. The molecule has 0 radical (unpaired) electrons. The highest BCUT2D eigenvalue weighted by atomic mass is 16.6. The average Bonchev–Trinajstić information content (AvgIpc) is 2.77. The standard InChI is InChI=1S/C30H51N3O4/c1-12-22(7)25(32-29(36)37-30(9,10)11)28(35)33(23(8)16-13-19(2)3)26(27(34)31-20(4)5)24-17-14-21(6)15-18-24/h14-15,17-20,22-23,25-26H,12-13,16H2,1-11H3,(H,31,34)(H,32,36). The molecule has 2 N–H and O–H groups in total. The molecule has 0 aliphatic rings. The SMILES string of the molecule is CCC(C)C(NC(=O)OC(C)(C)C)C(=O)N(C(C)CCC(C)C)C(C(=O)NC(C)C)c1ccc(C)cc1. The van der Waals surface area contributed by atoms with E-state index in [1.807, 2.05) is 65.8 Å². The molecule has 3 amide bonds. The maximum atomic E-state index is 14.4. The highest BCUT2D eigenvalue weighted by molar-refractivity contribution is 5.92. The topological polar surface area (TPSA) is 87.7 Å². The Morgan fingerprint density at radius 3 is 1.95 bits per heavy atom. The van der Waals surface area contributed by atoms with Crippen LogP contribution in [0.1, 0.15) is 106 Å². The van der Waals surface area contributed by atoms with E-state index in [0.29, 0.717) is 12.3 Å². The number of ether oxygens (including phenoxy) is 1. The highest BCUT2D eigenvalue weighted by Gasteiger charge is 2.40. The molecule has 210 valence electrons. The lowest BCUT2D eigenvalue weighted by atomic mass is 9.93. The van der Waals surface area contributed by atoms with Crippen LogP contribution in [-0.4, -0.2) is 46.5 Å². The maximum absolute atomic E-state index is 14.4. The van der Waals surface area contributed by atoms with E-state index < -0.39 is 23.8 Å². The van der Waals surface area contributed by atoms with Crippen molar-refractivity contribution in [3.8, 4) is 0 Å². The van der Waals surface area contributed by atoms with Crippen molar-refractivity contribution < 1.29 is 19.1 Å². The number of carbonyl (C=O) groups excluding carboxylic acids is 3. The minimum atomic E-state index is -0.832. The number of carbonyl (C=O) groups is 3. The van der Waals surface area contributed by atoms with Gasteiger partial charge < -0.3 is 20.3 Å². The number of hydrogen-bond donors (Lipinski definition) is 2. The Hall–Kier alpha value is -2.57. The first kappa shape index (κ1) is 32.5. The molecule has 1 rings (SSSR count). The number of rotatable bonds is 12. The van der Waals surface area contributed by atoms with Crippen molar-refractivity contribution in [1.82, 2.24) is 15.5 Å². The zero-order chi connectivity index (χ0) is 28.5. The Morgan fingerprint density at radius 2 is 1.49 bits per heavy atom. The Balaban J connectivity index is 3.62. The van der Waals surface area contributed by atoms with E-state index in [0.717, 1.165) is 24.0 Å². The zero-order valence-electron chi connectivity index (χ0n) is 25.0. The van der Waals surface area contributed by atoms with Gasteiger partial charge in [0, 0.05) is 12.1 Å². The summed E-state index contributed by atoms with van der Waals surface area (Å²) in [6.07, 6.45) is 1.68. The van der Waals surface area contributed by atoms with Crippen molar-refractivity contribution in [3.63, 3.8) is 0 Å². The van der Waals surface area contributed by atoms with Crippen LogP contribution in [-0.2, 0) is 14.3 Å². The van der Waals surface area contributed by atoms with E-state index in [1.165, 1.54) is 0 Å². The van der Waals surface area contributed by atoms with Gasteiger partial charge in [0.25, 0.3) is 0 Å². The number of nitrogens with zero attached hydrogens (tertiary/aromatic N) is 1. The van der Waals surface area contributed by atoms with E-state index in [1.54, 1.807) is 25.7 Å². The summed E-state index contributed by atoms with van der Waals surface area (Å²) in [5.74, 6) is -0.219. The summed E-state index contributed by atoms with van der Waals surface area (Å²) in [6.45, 7) is 21.4. The Labute approximate surface area is 225 Å². The number of aryl methyl sites for hydroxylation is 1. The van der Waals surface area contributed by atoms with Gasteiger partial charge in [0.15, 0.2) is 0 Å². The van der Waals surface area contributed by atoms with E-state index in [-0.39, 0.29) is 29.8 Å². The lowest BCUT2D eigenvalue weighted by molar-refractivity contribution is -0.146. The van der Waals surface area contributed by atoms with Crippen LogP contribution in [0.25, 0.3) is 0 Å². The minimum absolute atomic E-state index is 0.0892. The first-order chi connectivity index (χ1) is 17.1. The molecule has 7 nitrogen and oxygen atoms in total. The Morgan fingerprint density at radius 1 is 0.919 bits per heavy atom. The fraction of sp³-hybridized carbons (Fsp3) is 0.700. The minimum Gasteiger partial charge on any atom is -0.444 e. The van der Waals surface area contributed by atoms with Crippen LogP contribution in [0, 0.1) is 18.8 Å². The van der Waals surface area contributed by atoms with Crippen LogP contribution in [0.2, 0.25) is 0 Å². The van der Waals surface area contributed by atoms with Crippen molar-refractivity contribution in [2.24, 2.45) is 11.8 Å². The first-order valence-corrected chi connectivity index (χ1v) is 13.8. The van der Waals surface area contributed by atoms with Crippen LogP contribution in [0.3, 0.4) is 0 Å². The van der Waals surface area contributed by atoms with Crippen molar-refractivity contribution in [2.45, 2.75) is 125 Å².